The lowest BCUT2D eigenvalue weighted by Crippen LogP contribution is -2.47. The molecule has 3 saturated carbocycles. The average molecular weight is 657 g/mol. The molecule has 256 valence electrons. The third kappa shape index (κ3) is 7.51. The molecule has 3 aliphatic carbocycles. The van der Waals surface area contributed by atoms with E-state index in [2.05, 4.69) is 11.4 Å². The van der Waals surface area contributed by atoms with Crippen molar-refractivity contribution >= 4 is 17.8 Å². The molecule has 3 aromatic rings. The highest BCUT2D eigenvalue weighted by atomic mass is 16.6. The first-order chi connectivity index (χ1) is 23.4. The fourth-order valence-corrected chi connectivity index (χ4v) is 7.58. The number of nitrogens with zero attached hydrogens (tertiary/aromatic N) is 5. The van der Waals surface area contributed by atoms with E-state index in [1.165, 1.54) is 0 Å². The van der Waals surface area contributed by atoms with Crippen molar-refractivity contribution in [2.45, 2.75) is 89.1 Å². The van der Waals surface area contributed by atoms with Gasteiger partial charge in [0.25, 0.3) is 0 Å². The third-order valence-corrected chi connectivity index (χ3v) is 10.7. The minimum absolute atomic E-state index is 0.111. The molecule has 11 heteroatoms. The Kier molecular flexibility index (Phi) is 9.93. The zero-order chi connectivity index (χ0) is 33.0. The predicted molar refractivity (Wildman–Crippen MR) is 181 cm³/mol. The van der Waals surface area contributed by atoms with Crippen molar-refractivity contribution in [2.75, 3.05) is 44.7 Å². The minimum atomic E-state index is -0.234. The van der Waals surface area contributed by atoms with Crippen molar-refractivity contribution in [1.29, 1.82) is 0 Å². The lowest BCUT2D eigenvalue weighted by molar-refractivity contribution is -0.124. The summed E-state index contributed by atoms with van der Waals surface area (Å²) >= 11 is 0. The molecule has 0 spiro atoms. The van der Waals surface area contributed by atoms with Crippen molar-refractivity contribution in [2.24, 2.45) is 11.8 Å². The van der Waals surface area contributed by atoms with Crippen molar-refractivity contribution < 1.29 is 23.5 Å². The predicted octanol–water partition coefficient (Wildman–Crippen LogP) is 6.23. The first kappa shape index (κ1) is 32.6. The first-order valence-electron chi connectivity index (χ1n) is 17.9. The van der Waals surface area contributed by atoms with E-state index in [0.29, 0.717) is 68.9 Å². The van der Waals surface area contributed by atoms with Crippen LogP contribution >= 0.6 is 0 Å². The molecule has 1 saturated heterocycles. The van der Waals surface area contributed by atoms with Crippen LogP contribution in [0.15, 0.2) is 41.1 Å². The van der Waals surface area contributed by atoms with Gasteiger partial charge in [0, 0.05) is 67.9 Å². The summed E-state index contributed by atoms with van der Waals surface area (Å²) in [7, 11) is 1.68. The van der Waals surface area contributed by atoms with Gasteiger partial charge in [-0.05, 0) is 101 Å². The standard InChI is InChI=1S/C37H48N6O5/c1-24-33(46-2)14-13-31(40-24)26-5-3-25(4-6-26)22-43(34-21-29(15-16-39-34)32-23-47-35(41-32)27-7-8-27)36(44)28-9-11-30(12-10-28)48-37(45)42-19-17-38-18-20-42/h13-16,21,23,25-28,30,38H,3-12,17-20,22H2,1-2H3. The second-order valence-corrected chi connectivity index (χ2v) is 14.0. The zero-order valence-electron chi connectivity index (χ0n) is 28.2. The van der Waals surface area contributed by atoms with Crippen LogP contribution in [0.3, 0.4) is 0 Å². The Morgan fingerprint density at radius 2 is 1.71 bits per heavy atom. The molecule has 2 amide bonds. The molecule has 0 atom stereocenters. The summed E-state index contributed by atoms with van der Waals surface area (Å²) in [6, 6.07) is 8.04. The molecular formula is C37H48N6O5. The molecule has 0 bridgehead atoms. The molecule has 4 heterocycles. The normalized spacial score (nSPS) is 24.6. The maximum absolute atomic E-state index is 14.4. The maximum atomic E-state index is 14.4. The van der Waals surface area contributed by atoms with E-state index in [1.807, 2.05) is 30.0 Å². The highest BCUT2D eigenvalue weighted by Gasteiger charge is 2.35. The Labute approximate surface area is 282 Å². The average Bonchev–Trinajstić information content (AvgIpc) is 3.87. The number of piperazine rings is 1. The molecule has 1 N–H and O–H groups in total. The van der Waals surface area contributed by atoms with Crippen LogP contribution in [0.25, 0.3) is 11.3 Å². The number of rotatable bonds is 9. The summed E-state index contributed by atoms with van der Waals surface area (Å²) in [6.07, 6.45) is 12.2. The van der Waals surface area contributed by atoms with E-state index in [1.54, 1.807) is 24.5 Å². The molecule has 4 fully saturated rings. The summed E-state index contributed by atoms with van der Waals surface area (Å²) in [4.78, 5) is 45.2. The lowest BCUT2D eigenvalue weighted by Gasteiger charge is -2.36. The van der Waals surface area contributed by atoms with E-state index >= 15 is 0 Å². The Morgan fingerprint density at radius 3 is 2.42 bits per heavy atom. The van der Waals surface area contributed by atoms with Gasteiger partial charge in [-0.1, -0.05) is 0 Å². The van der Waals surface area contributed by atoms with Gasteiger partial charge in [0.1, 0.15) is 29.6 Å². The number of amides is 2. The second kappa shape index (κ2) is 14.6. The number of oxazole rings is 1. The maximum Gasteiger partial charge on any atom is 0.410 e. The fraction of sp³-hybridized carbons (Fsp3) is 0.595. The van der Waals surface area contributed by atoms with Crippen LogP contribution in [0.1, 0.15) is 93.3 Å². The molecule has 1 aliphatic heterocycles. The Bertz CT molecular complexity index is 1570. The summed E-state index contributed by atoms with van der Waals surface area (Å²) in [5, 5.41) is 3.27. The lowest BCUT2D eigenvalue weighted by atomic mass is 9.79. The monoisotopic (exact) mass is 656 g/mol. The number of pyridine rings is 2. The molecule has 0 unspecified atom stereocenters. The number of hydrogen-bond acceptors (Lipinski definition) is 9. The van der Waals surface area contributed by atoms with E-state index in [4.69, 9.17) is 28.8 Å². The largest absolute Gasteiger partial charge is 0.495 e. The van der Waals surface area contributed by atoms with Crippen molar-refractivity contribution in [3.8, 4) is 17.0 Å². The van der Waals surface area contributed by atoms with Gasteiger partial charge in [0.05, 0.1) is 12.8 Å². The molecule has 0 radical (unpaired) electrons. The van der Waals surface area contributed by atoms with Gasteiger partial charge in [0.2, 0.25) is 5.91 Å². The van der Waals surface area contributed by atoms with E-state index in [-0.39, 0.29) is 24.0 Å². The number of aryl methyl sites for hydroxylation is 1. The van der Waals surface area contributed by atoms with Crippen LogP contribution in [0, 0.1) is 18.8 Å². The Morgan fingerprint density at radius 1 is 0.958 bits per heavy atom. The van der Waals surface area contributed by atoms with Crippen LogP contribution in [0.2, 0.25) is 0 Å². The zero-order valence-corrected chi connectivity index (χ0v) is 28.2. The number of aromatic nitrogens is 3. The number of methoxy groups -OCH3 is 1. The topological polar surface area (TPSA) is 123 Å². The van der Waals surface area contributed by atoms with Crippen molar-refractivity contribution in [1.82, 2.24) is 25.2 Å². The van der Waals surface area contributed by atoms with Crippen LogP contribution < -0.4 is 15.0 Å². The van der Waals surface area contributed by atoms with Gasteiger partial charge in [-0.3, -0.25) is 14.7 Å². The number of carbonyl (C=O) groups excluding carboxylic acids is 2. The highest BCUT2D eigenvalue weighted by Crippen LogP contribution is 2.41. The van der Waals surface area contributed by atoms with Gasteiger partial charge >= 0.3 is 6.09 Å². The SMILES string of the molecule is COc1ccc(C2CCC(CN(C(=O)C3CCC(OC(=O)N4CCNCC4)CC3)c3cc(-c4coc(C5CC5)n4)ccn3)CC2)nc1C. The van der Waals surface area contributed by atoms with E-state index < -0.39 is 0 Å². The quantitative estimate of drug-likeness (QED) is 0.285. The molecule has 4 aliphatic rings. The van der Waals surface area contributed by atoms with Crippen molar-refractivity contribution in [3.63, 3.8) is 0 Å². The van der Waals surface area contributed by atoms with Crippen LogP contribution in [0.5, 0.6) is 5.75 Å². The minimum Gasteiger partial charge on any atom is -0.495 e. The summed E-state index contributed by atoms with van der Waals surface area (Å²) in [5.41, 5.74) is 3.73. The number of anilines is 1. The van der Waals surface area contributed by atoms with Gasteiger partial charge in [-0.25, -0.2) is 14.8 Å². The van der Waals surface area contributed by atoms with E-state index in [0.717, 1.165) is 85.9 Å². The molecule has 11 nitrogen and oxygen atoms in total. The second-order valence-electron chi connectivity index (χ2n) is 14.0. The molecule has 3 aromatic heterocycles. The highest BCUT2D eigenvalue weighted by molar-refractivity contribution is 5.94. The van der Waals surface area contributed by atoms with Crippen molar-refractivity contribution in [3.05, 3.63) is 54.0 Å². The Balaban J connectivity index is 1.04. The van der Waals surface area contributed by atoms with Gasteiger partial charge in [-0.15, -0.1) is 0 Å². The first-order valence-corrected chi connectivity index (χ1v) is 17.9. The smallest absolute Gasteiger partial charge is 0.410 e. The summed E-state index contributed by atoms with van der Waals surface area (Å²) in [5.74, 6) is 3.44. The van der Waals surface area contributed by atoms with Crippen LogP contribution in [-0.2, 0) is 9.53 Å². The fourth-order valence-electron chi connectivity index (χ4n) is 7.58. The van der Waals surface area contributed by atoms with Crippen LogP contribution in [-0.4, -0.2) is 77.8 Å². The summed E-state index contributed by atoms with van der Waals surface area (Å²) < 4.78 is 17.1. The van der Waals surface area contributed by atoms with Gasteiger partial charge in [-0.2, -0.15) is 0 Å². The number of hydrogen-bond donors (Lipinski definition) is 1. The molecular weight excluding hydrogens is 608 g/mol. The number of nitrogens with one attached hydrogen (secondary N) is 1. The van der Waals surface area contributed by atoms with Gasteiger partial charge < -0.3 is 24.1 Å². The number of ether oxygens (including phenoxy) is 2. The van der Waals surface area contributed by atoms with E-state index in [9.17, 15) is 9.59 Å². The van der Waals surface area contributed by atoms with Crippen LogP contribution in [0.4, 0.5) is 10.6 Å². The molecule has 48 heavy (non-hydrogen) atoms. The molecule has 0 aromatic carbocycles. The molecule has 7 rings (SSSR count). The number of carbonyl (C=O) groups is 2. The van der Waals surface area contributed by atoms with Gasteiger partial charge in [0.15, 0.2) is 5.89 Å². The third-order valence-electron chi connectivity index (χ3n) is 10.7. The Hall–Kier alpha value is -3.99. The summed E-state index contributed by atoms with van der Waals surface area (Å²) in [6.45, 7) is 5.54.